The fourth-order valence-electron chi connectivity index (χ4n) is 2.35. The zero-order valence-electron chi connectivity index (χ0n) is 10.6. The van der Waals surface area contributed by atoms with Crippen molar-refractivity contribution in [1.82, 2.24) is 14.9 Å². The van der Waals surface area contributed by atoms with E-state index in [0.717, 1.165) is 24.0 Å². The highest BCUT2D eigenvalue weighted by molar-refractivity contribution is 6.31. The van der Waals surface area contributed by atoms with Gasteiger partial charge in [-0.3, -0.25) is 4.57 Å². The van der Waals surface area contributed by atoms with Crippen LogP contribution in [0.1, 0.15) is 0 Å². The summed E-state index contributed by atoms with van der Waals surface area (Å²) in [5.74, 6) is 1.08. The smallest absolute Gasteiger partial charge is 0.350 e. The molecule has 0 spiro atoms. The predicted molar refractivity (Wildman–Crippen MR) is 76.9 cm³/mol. The number of hydrogen-bond donors (Lipinski definition) is 2. The Balaban J connectivity index is 2.20. The Morgan fingerprint density at radius 1 is 1.53 bits per heavy atom. The first-order chi connectivity index (χ1) is 9.19. The maximum Gasteiger partial charge on any atom is 0.350 e. The predicted octanol–water partition coefficient (Wildman–Crippen LogP) is 1.31. The lowest BCUT2D eigenvalue weighted by Gasteiger charge is -2.28. The first-order valence-electron chi connectivity index (χ1n) is 6.27. The molecule has 0 amide bonds. The SMILES string of the molecule is CNc1nc(=O)n(CC2CNC2)c2cc(Cl)ccc12. The first-order valence-corrected chi connectivity index (χ1v) is 6.65. The molecule has 1 aromatic carbocycles. The Morgan fingerprint density at radius 2 is 2.32 bits per heavy atom. The molecule has 3 rings (SSSR count). The zero-order valence-corrected chi connectivity index (χ0v) is 11.4. The van der Waals surface area contributed by atoms with Gasteiger partial charge in [0.05, 0.1) is 5.52 Å². The summed E-state index contributed by atoms with van der Waals surface area (Å²) in [6.45, 7) is 2.57. The van der Waals surface area contributed by atoms with Crippen LogP contribution in [-0.2, 0) is 6.54 Å². The van der Waals surface area contributed by atoms with E-state index >= 15 is 0 Å². The van der Waals surface area contributed by atoms with E-state index in [1.807, 2.05) is 18.2 Å². The van der Waals surface area contributed by atoms with Crippen LogP contribution in [0, 0.1) is 5.92 Å². The van der Waals surface area contributed by atoms with E-state index in [0.29, 0.717) is 23.3 Å². The minimum atomic E-state index is -0.231. The zero-order chi connectivity index (χ0) is 13.4. The minimum absolute atomic E-state index is 0.231. The molecular formula is C13H15ClN4O. The van der Waals surface area contributed by atoms with Gasteiger partial charge < -0.3 is 10.6 Å². The molecule has 100 valence electrons. The molecule has 1 aromatic heterocycles. The van der Waals surface area contributed by atoms with Crippen molar-refractivity contribution in [2.45, 2.75) is 6.54 Å². The third-order valence-corrected chi connectivity index (χ3v) is 3.72. The highest BCUT2D eigenvalue weighted by Crippen LogP contribution is 2.23. The van der Waals surface area contributed by atoms with Crippen LogP contribution in [-0.4, -0.2) is 29.7 Å². The quantitative estimate of drug-likeness (QED) is 0.889. The molecule has 0 unspecified atom stereocenters. The van der Waals surface area contributed by atoms with E-state index in [1.165, 1.54) is 0 Å². The van der Waals surface area contributed by atoms with Gasteiger partial charge in [-0.2, -0.15) is 4.98 Å². The van der Waals surface area contributed by atoms with E-state index in [-0.39, 0.29) is 5.69 Å². The minimum Gasteiger partial charge on any atom is -0.372 e. The molecule has 0 bridgehead atoms. The molecule has 1 saturated heterocycles. The number of anilines is 1. The average molecular weight is 279 g/mol. The number of rotatable bonds is 3. The van der Waals surface area contributed by atoms with E-state index in [9.17, 15) is 4.79 Å². The van der Waals surface area contributed by atoms with E-state index in [4.69, 9.17) is 11.6 Å². The summed E-state index contributed by atoms with van der Waals surface area (Å²) >= 11 is 6.05. The van der Waals surface area contributed by atoms with Crippen LogP contribution in [0.5, 0.6) is 0 Å². The normalized spacial score (nSPS) is 15.5. The lowest BCUT2D eigenvalue weighted by molar-refractivity contribution is 0.306. The van der Waals surface area contributed by atoms with Gasteiger partial charge in [-0.25, -0.2) is 4.79 Å². The van der Waals surface area contributed by atoms with Gasteiger partial charge in [0.1, 0.15) is 5.82 Å². The molecule has 0 radical (unpaired) electrons. The van der Waals surface area contributed by atoms with Crippen LogP contribution in [0.15, 0.2) is 23.0 Å². The van der Waals surface area contributed by atoms with Crippen LogP contribution in [0.4, 0.5) is 5.82 Å². The van der Waals surface area contributed by atoms with Gasteiger partial charge in [0, 0.05) is 43.0 Å². The summed E-state index contributed by atoms with van der Waals surface area (Å²) in [5.41, 5.74) is 0.606. The van der Waals surface area contributed by atoms with Crippen molar-refractivity contribution in [3.8, 4) is 0 Å². The summed E-state index contributed by atoms with van der Waals surface area (Å²) in [4.78, 5) is 16.2. The molecule has 2 N–H and O–H groups in total. The fraction of sp³-hybridized carbons (Fsp3) is 0.385. The Bertz CT molecular complexity index is 678. The molecule has 5 nitrogen and oxygen atoms in total. The molecule has 19 heavy (non-hydrogen) atoms. The molecule has 2 heterocycles. The second-order valence-electron chi connectivity index (χ2n) is 4.79. The van der Waals surface area contributed by atoms with Crippen molar-refractivity contribution in [2.75, 3.05) is 25.5 Å². The Hall–Kier alpha value is -1.59. The van der Waals surface area contributed by atoms with Gasteiger partial charge >= 0.3 is 5.69 Å². The Kier molecular flexibility index (Phi) is 3.16. The third kappa shape index (κ3) is 2.19. The summed E-state index contributed by atoms with van der Waals surface area (Å²) < 4.78 is 1.72. The van der Waals surface area contributed by atoms with Crippen molar-refractivity contribution in [2.24, 2.45) is 5.92 Å². The first kappa shape index (κ1) is 12.4. The summed E-state index contributed by atoms with van der Waals surface area (Å²) in [6.07, 6.45) is 0. The van der Waals surface area contributed by atoms with E-state index in [1.54, 1.807) is 11.6 Å². The number of hydrogen-bond acceptors (Lipinski definition) is 4. The van der Waals surface area contributed by atoms with Gasteiger partial charge in [-0.05, 0) is 18.2 Å². The van der Waals surface area contributed by atoms with Crippen molar-refractivity contribution < 1.29 is 0 Å². The number of aromatic nitrogens is 2. The molecule has 6 heteroatoms. The molecule has 1 aliphatic heterocycles. The van der Waals surface area contributed by atoms with Gasteiger partial charge in [0.2, 0.25) is 0 Å². The summed E-state index contributed by atoms with van der Waals surface area (Å²) in [7, 11) is 1.76. The number of halogens is 1. The van der Waals surface area contributed by atoms with Crippen molar-refractivity contribution in [3.63, 3.8) is 0 Å². The largest absolute Gasteiger partial charge is 0.372 e. The van der Waals surface area contributed by atoms with Gasteiger partial charge in [0.25, 0.3) is 0 Å². The molecule has 0 atom stereocenters. The van der Waals surface area contributed by atoms with Crippen molar-refractivity contribution in [1.29, 1.82) is 0 Å². The third-order valence-electron chi connectivity index (χ3n) is 3.49. The number of fused-ring (bicyclic) bond motifs is 1. The van der Waals surface area contributed by atoms with Crippen LogP contribution in [0.2, 0.25) is 5.02 Å². The van der Waals surface area contributed by atoms with Crippen molar-refractivity contribution in [3.05, 3.63) is 33.7 Å². The summed E-state index contributed by atoms with van der Waals surface area (Å²) in [5, 5.41) is 7.71. The lowest BCUT2D eigenvalue weighted by atomic mass is 10.0. The molecule has 1 aliphatic rings. The van der Waals surface area contributed by atoms with Crippen LogP contribution < -0.4 is 16.3 Å². The highest BCUT2D eigenvalue weighted by atomic mass is 35.5. The highest BCUT2D eigenvalue weighted by Gasteiger charge is 2.20. The number of benzene rings is 1. The second kappa shape index (κ2) is 4.83. The number of nitrogens with zero attached hydrogens (tertiary/aromatic N) is 2. The monoisotopic (exact) mass is 278 g/mol. The van der Waals surface area contributed by atoms with Crippen LogP contribution in [0.3, 0.4) is 0 Å². The molecule has 2 aromatic rings. The summed E-state index contributed by atoms with van der Waals surface area (Å²) in [6, 6.07) is 5.53. The second-order valence-corrected chi connectivity index (χ2v) is 5.23. The van der Waals surface area contributed by atoms with Crippen LogP contribution in [0.25, 0.3) is 10.9 Å². The average Bonchev–Trinajstić information content (AvgIpc) is 2.34. The maximum absolute atomic E-state index is 12.1. The van der Waals surface area contributed by atoms with Crippen LogP contribution >= 0.6 is 11.6 Å². The standard InChI is InChI=1S/C13H15ClN4O/c1-15-12-10-3-2-9(14)4-11(10)18(13(19)17-12)7-8-5-16-6-8/h2-4,8,16H,5-7H2,1H3,(H,15,17,19). The maximum atomic E-state index is 12.1. The molecule has 0 saturated carbocycles. The van der Waals surface area contributed by atoms with Gasteiger partial charge in [-0.15, -0.1) is 0 Å². The molecule has 0 aliphatic carbocycles. The topological polar surface area (TPSA) is 59.0 Å². The van der Waals surface area contributed by atoms with Crippen molar-refractivity contribution >= 4 is 28.3 Å². The van der Waals surface area contributed by atoms with E-state index in [2.05, 4.69) is 15.6 Å². The molecular weight excluding hydrogens is 264 g/mol. The lowest BCUT2D eigenvalue weighted by Crippen LogP contribution is -2.45. The Labute approximate surface area is 115 Å². The number of nitrogens with one attached hydrogen (secondary N) is 2. The van der Waals surface area contributed by atoms with Gasteiger partial charge in [0.15, 0.2) is 0 Å². The Morgan fingerprint density at radius 3 is 2.95 bits per heavy atom. The molecule has 1 fully saturated rings. The van der Waals surface area contributed by atoms with Gasteiger partial charge in [-0.1, -0.05) is 11.6 Å². The fourth-order valence-corrected chi connectivity index (χ4v) is 2.52. The van der Waals surface area contributed by atoms with E-state index < -0.39 is 0 Å².